The molecule has 8 heteroatoms. The fourth-order valence-electron chi connectivity index (χ4n) is 2.17. The van der Waals surface area contributed by atoms with Gasteiger partial charge in [0.25, 0.3) is 0 Å². The molecular formula is C11H12F3NO4. The molecule has 2 rings (SSSR count). The lowest BCUT2D eigenvalue weighted by Gasteiger charge is -2.12. The van der Waals surface area contributed by atoms with Gasteiger partial charge in [-0.15, -0.1) is 0 Å². The van der Waals surface area contributed by atoms with Crippen LogP contribution >= 0.6 is 0 Å². The number of alkyl halides is 3. The zero-order valence-electron chi connectivity index (χ0n) is 10.0. The second-order valence-corrected chi connectivity index (χ2v) is 4.25. The zero-order valence-corrected chi connectivity index (χ0v) is 10.0. The SMILES string of the molecule is CCC1OCCC1c1nc(C(F)(F)F)c(C(=O)O)o1. The Labute approximate surface area is 106 Å². The zero-order chi connectivity index (χ0) is 14.2. The van der Waals surface area contributed by atoms with Crippen LogP contribution in [0.2, 0.25) is 0 Å². The summed E-state index contributed by atoms with van der Waals surface area (Å²) in [6, 6.07) is 0. The Balaban J connectivity index is 2.40. The van der Waals surface area contributed by atoms with E-state index in [2.05, 4.69) is 4.98 Å². The second-order valence-electron chi connectivity index (χ2n) is 4.25. The minimum absolute atomic E-state index is 0.214. The molecule has 0 aliphatic carbocycles. The van der Waals surface area contributed by atoms with Crippen LogP contribution in [0.5, 0.6) is 0 Å². The Morgan fingerprint density at radius 1 is 1.53 bits per heavy atom. The molecule has 0 saturated carbocycles. The summed E-state index contributed by atoms with van der Waals surface area (Å²) in [4.78, 5) is 14.1. The molecule has 0 spiro atoms. The lowest BCUT2D eigenvalue weighted by Crippen LogP contribution is -2.14. The molecule has 1 N–H and O–H groups in total. The molecule has 1 saturated heterocycles. The van der Waals surface area contributed by atoms with Crippen molar-refractivity contribution in [3.05, 3.63) is 17.3 Å². The molecule has 0 aromatic carbocycles. The first-order valence-electron chi connectivity index (χ1n) is 5.77. The number of aromatic carboxylic acids is 1. The van der Waals surface area contributed by atoms with E-state index in [1.54, 1.807) is 0 Å². The summed E-state index contributed by atoms with van der Waals surface area (Å²) < 4.78 is 48.2. The van der Waals surface area contributed by atoms with Gasteiger partial charge in [0.15, 0.2) is 5.69 Å². The fourth-order valence-corrected chi connectivity index (χ4v) is 2.17. The van der Waals surface area contributed by atoms with Crippen LogP contribution in [0.1, 0.15) is 47.8 Å². The molecule has 2 unspecified atom stereocenters. The van der Waals surface area contributed by atoms with Gasteiger partial charge < -0.3 is 14.3 Å². The summed E-state index contributed by atoms with van der Waals surface area (Å²) in [5, 5.41) is 8.74. The number of aromatic nitrogens is 1. The molecule has 1 fully saturated rings. The van der Waals surface area contributed by atoms with Gasteiger partial charge in [0.1, 0.15) is 0 Å². The van der Waals surface area contributed by atoms with Crippen LogP contribution < -0.4 is 0 Å². The molecule has 1 aromatic rings. The first-order valence-corrected chi connectivity index (χ1v) is 5.77. The Kier molecular flexibility index (Phi) is 3.53. The minimum Gasteiger partial charge on any atom is -0.475 e. The molecule has 106 valence electrons. The number of oxazole rings is 1. The fraction of sp³-hybridized carbons (Fsp3) is 0.636. The summed E-state index contributed by atoms with van der Waals surface area (Å²) in [5.74, 6) is -3.59. The largest absolute Gasteiger partial charge is 0.475 e. The minimum atomic E-state index is -4.85. The van der Waals surface area contributed by atoms with Crippen LogP contribution in [0, 0.1) is 0 Å². The van der Waals surface area contributed by atoms with Crippen LogP contribution in [0.4, 0.5) is 13.2 Å². The van der Waals surface area contributed by atoms with Crippen molar-refractivity contribution < 1.29 is 32.2 Å². The van der Waals surface area contributed by atoms with Gasteiger partial charge in [-0.25, -0.2) is 9.78 Å². The first-order chi connectivity index (χ1) is 8.84. The monoisotopic (exact) mass is 279 g/mol. The van der Waals surface area contributed by atoms with E-state index in [0.717, 1.165) is 0 Å². The van der Waals surface area contributed by atoms with Crippen molar-refractivity contribution in [1.29, 1.82) is 0 Å². The Morgan fingerprint density at radius 2 is 2.21 bits per heavy atom. The molecule has 2 heterocycles. The van der Waals surface area contributed by atoms with Gasteiger partial charge in [-0.3, -0.25) is 0 Å². The topological polar surface area (TPSA) is 72.6 Å². The van der Waals surface area contributed by atoms with Crippen molar-refractivity contribution in [3.8, 4) is 0 Å². The van der Waals surface area contributed by atoms with Crippen LogP contribution in [0.3, 0.4) is 0 Å². The van der Waals surface area contributed by atoms with E-state index in [1.807, 2.05) is 6.92 Å². The molecule has 0 amide bonds. The molecule has 1 aliphatic heterocycles. The van der Waals surface area contributed by atoms with E-state index < -0.39 is 29.5 Å². The Hall–Kier alpha value is -1.57. The molecule has 5 nitrogen and oxygen atoms in total. The maximum atomic E-state index is 12.7. The molecule has 19 heavy (non-hydrogen) atoms. The third-order valence-corrected chi connectivity index (χ3v) is 3.04. The molecule has 2 atom stereocenters. The van der Waals surface area contributed by atoms with E-state index in [9.17, 15) is 18.0 Å². The normalized spacial score (nSPS) is 23.8. The highest BCUT2D eigenvalue weighted by atomic mass is 19.4. The van der Waals surface area contributed by atoms with E-state index in [4.69, 9.17) is 14.3 Å². The van der Waals surface area contributed by atoms with Gasteiger partial charge in [-0.05, 0) is 12.8 Å². The number of rotatable bonds is 3. The Bertz CT molecular complexity index is 483. The van der Waals surface area contributed by atoms with Crippen molar-refractivity contribution in [2.45, 2.75) is 38.0 Å². The molecule has 0 radical (unpaired) electrons. The van der Waals surface area contributed by atoms with Gasteiger partial charge in [-0.2, -0.15) is 13.2 Å². The lowest BCUT2D eigenvalue weighted by atomic mass is 10.00. The Morgan fingerprint density at radius 3 is 2.68 bits per heavy atom. The maximum absolute atomic E-state index is 12.7. The highest BCUT2D eigenvalue weighted by molar-refractivity contribution is 5.85. The average Bonchev–Trinajstić information content (AvgIpc) is 2.93. The highest BCUT2D eigenvalue weighted by Crippen LogP contribution is 2.37. The quantitative estimate of drug-likeness (QED) is 0.920. The van der Waals surface area contributed by atoms with Crippen molar-refractivity contribution >= 4 is 5.97 Å². The predicted molar refractivity (Wildman–Crippen MR) is 55.9 cm³/mol. The van der Waals surface area contributed by atoms with Crippen LogP contribution in [-0.4, -0.2) is 28.8 Å². The van der Waals surface area contributed by atoms with Crippen molar-refractivity contribution in [1.82, 2.24) is 4.98 Å². The van der Waals surface area contributed by atoms with Crippen LogP contribution in [0.25, 0.3) is 0 Å². The van der Waals surface area contributed by atoms with Gasteiger partial charge in [0.2, 0.25) is 11.7 Å². The van der Waals surface area contributed by atoms with E-state index in [0.29, 0.717) is 19.4 Å². The van der Waals surface area contributed by atoms with E-state index in [-0.39, 0.29) is 12.0 Å². The highest BCUT2D eigenvalue weighted by Gasteiger charge is 2.43. The lowest BCUT2D eigenvalue weighted by molar-refractivity contribution is -0.141. The van der Waals surface area contributed by atoms with Crippen molar-refractivity contribution in [2.24, 2.45) is 0 Å². The third-order valence-electron chi connectivity index (χ3n) is 3.04. The number of hydrogen-bond donors (Lipinski definition) is 1. The first kappa shape index (κ1) is 13.9. The van der Waals surface area contributed by atoms with Crippen LogP contribution in [-0.2, 0) is 10.9 Å². The van der Waals surface area contributed by atoms with Gasteiger partial charge >= 0.3 is 12.1 Å². The summed E-state index contributed by atoms with van der Waals surface area (Å²) in [6.45, 7) is 2.23. The average molecular weight is 279 g/mol. The molecule has 1 aliphatic rings. The van der Waals surface area contributed by atoms with Crippen LogP contribution in [0.15, 0.2) is 4.42 Å². The molecular weight excluding hydrogens is 267 g/mol. The summed E-state index contributed by atoms with van der Waals surface area (Å²) in [6.07, 6.45) is -4.08. The van der Waals surface area contributed by atoms with Crippen molar-refractivity contribution in [2.75, 3.05) is 6.61 Å². The number of nitrogens with zero attached hydrogens (tertiary/aromatic N) is 1. The predicted octanol–water partition coefficient (Wildman–Crippen LogP) is 2.67. The van der Waals surface area contributed by atoms with Gasteiger partial charge in [-0.1, -0.05) is 6.92 Å². The summed E-state index contributed by atoms with van der Waals surface area (Å²) >= 11 is 0. The number of carboxylic acids is 1. The number of carboxylic acid groups (broad SMARTS) is 1. The molecule has 0 bridgehead atoms. The number of hydrogen-bond acceptors (Lipinski definition) is 4. The summed E-state index contributed by atoms with van der Waals surface area (Å²) in [5.41, 5.74) is -1.49. The van der Waals surface area contributed by atoms with E-state index in [1.165, 1.54) is 0 Å². The number of carbonyl (C=O) groups is 1. The van der Waals surface area contributed by atoms with Crippen molar-refractivity contribution in [3.63, 3.8) is 0 Å². The maximum Gasteiger partial charge on any atom is 0.437 e. The van der Waals surface area contributed by atoms with Gasteiger partial charge in [0, 0.05) is 6.61 Å². The summed E-state index contributed by atoms with van der Waals surface area (Å²) in [7, 11) is 0. The molecule has 1 aromatic heterocycles. The second kappa shape index (κ2) is 4.84. The van der Waals surface area contributed by atoms with Gasteiger partial charge in [0.05, 0.1) is 12.0 Å². The third kappa shape index (κ3) is 2.58. The number of halogens is 3. The number of ether oxygens (including phenoxy) is 1. The standard InChI is InChI=1S/C11H12F3NO4/c1-2-6-5(3-4-18-6)9-15-8(11(12,13)14)7(19-9)10(16)17/h5-6H,2-4H2,1H3,(H,16,17). The van der Waals surface area contributed by atoms with E-state index >= 15 is 0 Å². The smallest absolute Gasteiger partial charge is 0.437 e.